The molecule has 1 unspecified atom stereocenters. The number of hydrogen-bond acceptors (Lipinski definition) is 2. The summed E-state index contributed by atoms with van der Waals surface area (Å²) in [5.41, 5.74) is 0.301. The molecule has 1 aromatic heterocycles. The van der Waals surface area contributed by atoms with E-state index in [4.69, 9.17) is 0 Å². The summed E-state index contributed by atoms with van der Waals surface area (Å²) in [6, 6.07) is 8.23. The second kappa shape index (κ2) is 3.62. The largest absolute Gasteiger partial charge is 0.385 e. The zero-order valence-electron chi connectivity index (χ0n) is 9.32. The molecule has 1 nitrogen and oxygen atoms in total. The van der Waals surface area contributed by atoms with Crippen LogP contribution in [-0.2, 0) is 5.60 Å². The second-order valence-electron chi connectivity index (χ2n) is 4.45. The molecule has 0 amide bonds. The Hall–Kier alpha value is -0.860. The number of fused-ring (bicyclic) bond motifs is 1. The van der Waals surface area contributed by atoms with Crippen molar-refractivity contribution in [3.05, 3.63) is 35.2 Å². The molecule has 0 radical (unpaired) electrons. The maximum Gasteiger partial charge on any atom is 0.0905 e. The maximum absolute atomic E-state index is 10.5. The van der Waals surface area contributed by atoms with Crippen LogP contribution in [0.3, 0.4) is 0 Å². The highest BCUT2D eigenvalue weighted by atomic mass is 32.1. The Kier molecular flexibility index (Phi) is 2.57. The van der Waals surface area contributed by atoms with Crippen molar-refractivity contribution in [3.8, 4) is 0 Å². The Morgan fingerprint density at radius 2 is 2.00 bits per heavy atom. The lowest BCUT2D eigenvalue weighted by Gasteiger charge is -2.28. The van der Waals surface area contributed by atoms with Crippen LogP contribution in [0.15, 0.2) is 29.6 Å². The lowest BCUT2D eigenvalue weighted by Crippen LogP contribution is -2.27. The fourth-order valence-electron chi connectivity index (χ4n) is 1.70. The van der Waals surface area contributed by atoms with Crippen molar-refractivity contribution >= 4 is 21.4 Å². The number of aliphatic hydroxyl groups is 1. The predicted octanol–water partition coefficient (Wildman–Crippen LogP) is 3.76. The molecule has 1 heterocycles. The van der Waals surface area contributed by atoms with Crippen LogP contribution < -0.4 is 0 Å². The average molecular weight is 220 g/mol. The lowest BCUT2D eigenvalue weighted by atomic mass is 9.85. The van der Waals surface area contributed by atoms with E-state index in [0.29, 0.717) is 0 Å². The molecule has 0 aliphatic rings. The van der Waals surface area contributed by atoms with Crippen LogP contribution >= 0.6 is 11.3 Å². The summed E-state index contributed by atoms with van der Waals surface area (Å²) < 4.78 is 1.20. The quantitative estimate of drug-likeness (QED) is 0.817. The van der Waals surface area contributed by atoms with E-state index in [2.05, 4.69) is 17.5 Å². The summed E-state index contributed by atoms with van der Waals surface area (Å²) in [5.74, 6) is 0.213. The van der Waals surface area contributed by atoms with Gasteiger partial charge in [-0.1, -0.05) is 32.0 Å². The van der Waals surface area contributed by atoms with Crippen LogP contribution in [0.25, 0.3) is 10.1 Å². The highest BCUT2D eigenvalue weighted by Crippen LogP contribution is 2.36. The molecule has 0 fully saturated rings. The zero-order chi connectivity index (χ0) is 11.1. The van der Waals surface area contributed by atoms with Crippen LogP contribution in [0.1, 0.15) is 26.3 Å². The minimum atomic E-state index is -0.746. The van der Waals surface area contributed by atoms with Crippen LogP contribution in [0.2, 0.25) is 0 Å². The molecule has 15 heavy (non-hydrogen) atoms. The average Bonchev–Trinajstić information content (AvgIpc) is 2.64. The van der Waals surface area contributed by atoms with Crippen molar-refractivity contribution in [2.45, 2.75) is 26.4 Å². The molecule has 2 rings (SSSR count). The minimum Gasteiger partial charge on any atom is -0.385 e. The molecule has 80 valence electrons. The molecule has 2 heteroatoms. The van der Waals surface area contributed by atoms with Gasteiger partial charge in [-0.3, -0.25) is 0 Å². The van der Waals surface area contributed by atoms with Gasteiger partial charge in [0, 0.05) is 10.3 Å². The van der Waals surface area contributed by atoms with E-state index in [1.165, 1.54) is 10.1 Å². The van der Waals surface area contributed by atoms with Gasteiger partial charge in [0.1, 0.15) is 0 Å². The SMILES string of the molecule is CC(C)C(C)(O)c1cccc2ccsc12. The van der Waals surface area contributed by atoms with Crippen molar-refractivity contribution in [2.24, 2.45) is 5.92 Å². The summed E-state index contributed by atoms with van der Waals surface area (Å²) in [4.78, 5) is 0. The van der Waals surface area contributed by atoms with Gasteiger partial charge in [0.05, 0.1) is 5.60 Å². The first kappa shape index (κ1) is 10.7. The molecule has 0 spiro atoms. The molecule has 1 N–H and O–H groups in total. The van der Waals surface area contributed by atoms with Crippen molar-refractivity contribution in [2.75, 3.05) is 0 Å². The monoisotopic (exact) mass is 220 g/mol. The predicted molar refractivity (Wildman–Crippen MR) is 66.2 cm³/mol. The highest BCUT2D eigenvalue weighted by molar-refractivity contribution is 7.17. The molecular weight excluding hydrogens is 204 g/mol. The van der Waals surface area contributed by atoms with Gasteiger partial charge >= 0.3 is 0 Å². The van der Waals surface area contributed by atoms with Crippen molar-refractivity contribution < 1.29 is 5.11 Å². The van der Waals surface area contributed by atoms with Crippen LogP contribution in [0, 0.1) is 5.92 Å². The van der Waals surface area contributed by atoms with Gasteiger partial charge in [-0.15, -0.1) is 11.3 Å². The number of hydrogen-bond donors (Lipinski definition) is 1. The van der Waals surface area contributed by atoms with E-state index >= 15 is 0 Å². The Balaban J connectivity index is 2.65. The summed E-state index contributed by atoms with van der Waals surface area (Å²) in [6.45, 7) is 5.99. The van der Waals surface area contributed by atoms with Gasteiger partial charge in [0.2, 0.25) is 0 Å². The number of rotatable bonds is 2. The summed E-state index contributed by atoms with van der Waals surface area (Å²) in [6.07, 6.45) is 0. The van der Waals surface area contributed by atoms with E-state index in [9.17, 15) is 5.11 Å². The summed E-state index contributed by atoms with van der Waals surface area (Å²) in [5, 5.41) is 13.8. The molecular formula is C13H16OS. The number of thiophene rings is 1. The van der Waals surface area contributed by atoms with Crippen LogP contribution in [0.4, 0.5) is 0 Å². The van der Waals surface area contributed by atoms with Gasteiger partial charge in [-0.05, 0) is 29.7 Å². The van der Waals surface area contributed by atoms with E-state index in [1.54, 1.807) is 11.3 Å². The highest BCUT2D eigenvalue weighted by Gasteiger charge is 2.29. The fourth-order valence-corrected chi connectivity index (χ4v) is 2.73. The zero-order valence-corrected chi connectivity index (χ0v) is 10.1. The van der Waals surface area contributed by atoms with E-state index in [0.717, 1.165) is 5.56 Å². The molecule has 0 saturated carbocycles. The third kappa shape index (κ3) is 1.68. The first-order valence-electron chi connectivity index (χ1n) is 5.22. The molecule has 0 aliphatic carbocycles. The van der Waals surface area contributed by atoms with Gasteiger partial charge in [-0.25, -0.2) is 0 Å². The molecule has 0 bridgehead atoms. The third-order valence-electron chi connectivity index (χ3n) is 3.15. The summed E-state index contributed by atoms with van der Waals surface area (Å²) in [7, 11) is 0. The second-order valence-corrected chi connectivity index (χ2v) is 5.36. The standard InChI is InChI=1S/C13H16OS/c1-9(2)13(3,14)11-6-4-5-10-7-8-15-12(10)11/h4-9,14H,1-3H3. The molecule has 1 aromatic carbocycles. The minimum absolute atomic E-state index is 0.213. The van der Waals surface area contributed by atoms with Gasteiger partial charge in [-0.2, -0.15) is 0 Å². The Morgan fingerprint density at radius 1 is 1.27 bits per heavy atom. The topological polar surface area (TPSA) is 20.2 Å². The molecule has 0 aliphatic heterocycles. The van der Waals surface area contributed by atoms with Crippen molar-refractivity contribution in [1.29, 1.82) is 0 Å². The fraction of sp³-hybridized carbons (Fsp3) is 0.385. The molecule has 1 atom stereocenters. The Bertz CT molecular complexity index is 468. The van der Waals surface area contributed by atoms with Crippen molar-refractivity contribution in [3.63, 3.8) is 0 Å². The van der Waals surface area contributed by atoms with Gasteiger partial charge in [0.25, 0.3) is 0 Å². The molecule has 2 aromatic rings. The number of benzene rings is 1. The summed E-state index contributed by atoms with van der Waals surface area (Å²) >= 11 is 1.70. The molecule has 0 saturated heterocycles. The van der Waals surface area contributed by atoms with E-state index in [1.807, 2.05) is 32.9 Å². The first-order chi connectivity index (χ1) is 7.03. The normalized spacial score (nSPS) is 15.8. The Labute approximate surface area is 94.4 Å². The van der Waals surface area contributed by atoms with E-state index < -0.39 is 5.60 Å². The van der Waals surface area contributed by atoms with Crippen molar-refractivity contribution in [1.82, 2.24) is 0 Å². The van der Waals surface area contributed by atoms with E-state index in [-0.39, 0.29) is 5.92 Å². The Morgan fingerprint density at radius 3 is 2.67 bits per heavy atom. The van der Waals surface area contributed by atoms with Crippen LogP contribution in [0.5, 0.6) is 0 Å². The first-order valence-corrected chi connectivity index (χ1v) is 6.10. The van der Waals surface area contributed by atoms with Crippen LogP contribution in [-0.4, -0.2) is 5.11 Å². The lowest BCUT2D eigenvalue weighted by molar-refractivity contribution is 0.0106. The smallest absolute Gasteiger partial charge is 0.0905 e. The van der Waals surface area contributed by atoms with Gasteiger partial charge < -0.3 is 5.11 Å². The third-order valence-corrected chi connectivity index (χ3v) is 4.11. The van der Waals surface area contributed by atoms with Gasteiger partial charge in [0.15, 0.2) is 0 Å². The maximum atomic E-state index is 10.5.